The second-order valence-corrected chi connectivity index (χ2v) is 5.41. The summed E-state index contributed by atoms with van der Waals surface area (Å²) in [5.41, 5.74) is 1.06. The molecule has 2 aromatic carbocycles. The molecule has 1 heterocycles. The van der Waals surface area contributed by atoms with E-state index in [1.807, 2.05) is 54.6 Å². The van der Waals surface area contributed by atoms with Crippen molar-refractivity contribution in [1.82, 2.24) is 5.32 Å². The van der Waals surface area contributed by atoms with Gasteiger partial charge in [0.05, 0.1) is 0 Å². The lowest BCUT2D eigenvalue weighted by molar-refractivity contribution is -0.136. The Morgan fingerprint density at radius 2 is 1.64 bits per heavy atom. The molecule has 1 unspecified atom stereocenters. The molecule has 1 aliphatic rings. The van der Waals surface area contributed by atoms with Crippen LogP contribution in [-0.4, -0.2) is 11.8 Å². The van der Waals surface area contributed by atoms with Gasteiger partial charge in [-0.05, 0) is 42.7 Å². The highest BCUT2D eigenvalue weighted by Gasteiger charge is 2.26. The van der Waals surface area contributed by atoms with Crippen molar-refractivity contribution in [2.75, 3.05) is 0 Å². The quantitative estimate of drug-likeness (QED) is 0.882. The number of carbonyl (C=O) groups is 2. The summed E-state index contributed by atoms with van der Waals surface area (Å²) in [5.74, 6) is 1.09. The van der Waals surface area contributed by atoms with E-state index in [9.17, 15) is 9.59 Å². The fraction of sp³-hybridized carbons (Fsp3) is 0.222. The second-order valence-electron chi connectivity index (χ2n) is 5.41. The zero-order chi connectivity index (χ0) is 15.4. The van der Waals surface area contributed by atoms with Gasteiger partial charge in [0.15, 0.2) is 0 Å². The summed E-state index contributed by atoms with van der Waals surface area (Å²) in [5, 5.41) is 2.39. The number of nitrogens with one attached hydrogen (secondary N) is 1. The van der Waals surface area contributed by atoms with Crippen LogP contribution in [0.15, 0.2) is 54.6 Å². The van der Waals surface area contributed by atoms with E-state index in [-0.39, 0.29) is 17.7 Å². The van der Waals surface area contributed by atoms with Crippen LogP contribution in [0.4, 0.5) is 0 Å². The summed E-state index contributed by atoms with van der Waals surface area (Å²) in [6.45, 7) is 0. The molecule has 0 saturated carbocycles. The van der Waals surface area contributed by atoms with Gasteiger partial charge < -0.3 is 4.74 Å². The summed E-state index contributed by atoms with van der Waals surface area (Å²) in [6, 6.07) is 17.3. The molecule has 1 N–H and O–H groups in total. The number of ether oxygens (including phenoxy) is 1. The van der Waals surface area contributed by atoms with E-state index >= 15 is 0 Å². The van der Waals surface area contributed by atoms with Crippen LogP contribution >= 0.6 is 0 Å². The van der Waals surface area contributed by atoms with E-state index < -0.39 is 0 Å². The van der Waals surface area contributed by atoms with Crippen LogP contribution in [-0.2, 0) is 16.0 Å². The van der Waals surface area contributed by atoms with E-state index in [1.54, 1.807) is 0 Å². The van der Waals surface area contributed by atoms with Gasteiger partial charge >= 0.3 is 0 Å². The Hall–Kier alpha value is -2.62. The summed E-state index contributed by atoms with van der Waals surface area (Å²) in [7, 11) is 0. The first-order chi connectivity index (χ1) is 10.7. The first kappa shape index (κ1) is 14.3. The molecular formula is C18H17NO3. The molecule has 1 aliphatic heterocycles. The molecule has 2 amide bonds. The van der Waals surface area contributed by atoms with E-state index in [0.29, 0.717) is 19.3 Å². The molecule has 2 aromatic rings. The van der Waals surface area contributed by atoms with Gasteiger partial charge in [-0.15, -0.1) is 0 Å². The summed E-state index contributed by atoms with van der Waals surface area (Å²) in [6.07, 6.45) is 1.68. The number of amides is 2. The number of piperidine rings is 1. The average Bonchev–Trinajstić information content (AvgIpc) is 2.53. The molecule has 4 heteroatoms. The van der Waals surface area contributed by atoms with E-state index in [0.717, 1.165) is 17.1 Å². The molecule has 112 valence electrons. The molecule has 0 aliphatic carbocycles. The van der Waals surface area contributed by atoms with Crippen molar-refractivity contribution < 1.29 is 14.3 Å². The Labute approximate surface area is 129 Å². The Balaban J connectivity index is 1.62. The van der Waals surface area contributed by atoms with Gasteiger partial charge in [0.25, 0.3) is 0 Å². The van der Waals surface area contributed by atoms with E-state index in [4.69, 9.17) is 4.74 Å². The minimum absolute atomic E-state index is 0.126. The molecular weight excluding hydrogens is 278 g/mol. The van der Waals surface area contributed by atoms with Crippen LogP contribution < -0.4 is 10.1 Å². The van der Waals surface area contributed by atoms with Gasteiger partial charge in [-0.3, -0.25) is 14.9 Å². The number of para-hydroxylation sites is 1. The normalized spacial score (nSPS) is 17.9. The van der Waals surface area contributed by atoms with Crippen molar-refractivity contribution in [2.24, 2.45) is 5.92 Å². The average molecular weight is 295 g/mol. The van der Waals surface area contributed by atoms with Crippen molar-refractivity contribution in [3.63, 3.8) is 0 Å². The van der Waals surface area contributed by atoms with Gasteiger partial charge in [-0.1, -0.05) is 30.3 Å². The highest BCUT2D eigenvalue weighted by atomic mass is 16.5. The first-order valence-corrected chi connectivity index (χ1v) is 7.36. The molecule has 0 radical (unpaired) electrons. The van der Waals surface area contributed by atoms with Gasteiger partial charge in [0.1, 0.15) is 11.5 Å². The van der Waals surface area contributed by atoms with Crippen LogP contribution in [0.25, 0.3) is 0 Å². The maximum atomic E-state index is 11.8. The lowest BCUT2D eigenvalue weighted by atomic mass is 9.91. The molecule has 1 saturated heterocycles. The third-order valence-corrected chi connectivity index (χ3v) is 3.74. The van der Waals surface area contributed by atoms with Gasteiger partial charge in [0, 0.05) is 12.3 Å². The molecule has 0 bridgehead atoms. The van der Waals surface area contributed by atoms with Crippen LogP contribution in [0.1, 0.15) is 18.4 Å². The van der Waals surface area contributed by atoms with Crippen LogP contribution in [0, 0.1) is 5.92 Å². The number of benzene rings is 2. The van der Waals surface area contributed by atoms with Gasteiger partial charge in [0.2, 0.25) is 11.8 Å². The second kappa shape index (κ2) is 6.43. The summed E-state index contributed by atoms with van der Waals surface area (Å²) >= 11 is 0. The lowest BCUT2D eigenvalue weighted by Crippen LogP contribution is -2.41. The standard InChI is InChI=1S/C18H17NO3/c20-17-11-8-14(18(21)19-17)12-13-6-9-16(10-7-13)22-15-4-2-1-3-5-15/h1-7,9-10,14H,8,11-12H2,(H,19,20,21). The molecule has 0 aromatic heterocycles. The highest BCUT2D eigenvalue weighted by molar-refractivity contribution is 5.98. The van der Waals surface area contributed by atoms with Gasteiger partial charge in [-0.2, -0.15) is 0 Å². The van der Waals surface area contributed by atoms with Crippen molar-refractivity contribution in [3.05, 3.63) is 60.2 Å². The van der Waals surface area contributed by atoms with Gasteiger partial charge in [-0.25, -0.2) is 0 Å². The minimum atomic E-state index is -0.173. The Bertz CT molecular complexity index is 664. The van der Waals surface area contributed by atoms with E-state index in [2.05, 4.69) is 5.32 Å². The Kier molecular flexibility index (Phi) is 4.19. The van der Waals surface area contributed by atoms with Crippen molar-refractivity contribution in [1.29, 1.82) is 0 Å². The largest absolute Gasteiger partial charge is 0.457 e. The Morgan fingerprint density at radius 1 is 0.955 bits per heavy atom. The van der Waals surface area contributed by atoms with Crippen molar-refractivity contribution >= 4 is 11.8 Å². The van der Waals surface area contributed by atoms with E-state index in [1.165, 1.54) is 0 Å². The maximum Gasteiger partial charge on any atom is 0.230 e. The maximum absolute atomic E-state index is 11.8. The topological polar surface area (TPSA) is 55.4 Å². The first-order valence-electron chi connectivity index (χ1n) is 7.36. The lowest BCUT2D eigenvalue weighted by Gasteiger charge is -2.20. The third kappa shape index (κ3) is 3.52. The number of rotatable bonds is 4. The summed E-state index contributed by atoms with van der Waals surface area (Å²) < 4.78 is 5.73. The Morgan fingerprint density at radius 3 is 2.32 bits per heavy atom. The predicted molar refractivity (Wildman–Crippen MR) is 82.5 cm³/mol. The molecule has 1 fully saturated rings. The van der Waals surface area contributed by atoms with Crippen LogP contribution in [0.5, 0.6) is 11.5 Å². The molecule has 1 atom stereocenters. The van der Waals surface area contributed by atoms with Crippen LogP contribution in [0.2, 0.25) is 0 Å². The monoisotopic (exact) mass is 295 g/mol. The van der Waals surface area contributed by atoms with Crippen molar-refractivity contribution in [3.8, 4) is 11.5 Å². The molecule has 22 heavy (non-hydrogen) atoms. The number of hydrogen-bond donors (Lipinski definition) is 1. The predicted octanol–water partition coefficient (Wildman–Crippen LogP) is 3.07. The minimum Gasteiger partial charge on any atom is -0.457 e. The highest BCUT2D eigenvalue weighted by Crippen LogP contribution is 2.23. The fourth-order valence-corrected chi connectivity index (χ4v) is 2.54. The van der Waals surface area contributed by atoms with Crippen LogP contribution in [0.3, 0.4) is 0 Å². The third-order valence-electron chi connectivity index (χ3n) is 3.74. The summed E-state index contributed by atoms with van der Waals surface area (Å²) in [4.78, 5) is 22.9. The van der Waals surface area contributed by atoms with Crippen molar-refractivity contribution in [2.45, 2.75) is 19.3 Å². The zero-order valence-corrected chi connectivity index (χ0v) is 12.1. The molecule has 4 nitrogen and oxygen atoms in total. The SMILES string of the molecule is O=C1CCC(Cc2ccc(Oc3ccccc3)cc2)C(=O)N1. The number of carbonyl (C=O) groups excluding carboxylic acids is 2. The molecule has 0 spiro atoms. The number of hydrogen-bond acceptors (Lipinski definition) is 3. The zero-order valence-electron chi connectivity index (χ0n) is 12.1. The fourth-order valence-electron chi connectivity index (χ4n) is 2.54. The number of imide groups is 1. The smallest absolute Gasteiger partial charge is 0.230 e. The molecule has 3 rings (SSSR count).